The Hall–Kier alpha value is -3.47. The van der Waals surface area contributed by atoms with E-state index in [0.29, 0.717) is 39.0 Å². The number of fused-ring (bicyclic) bond motifs is 1. The molecule has 41 heavy (non-hydrogen) atoms. The van der Waals surface area contributed by atoms with E-state index >= 15 is 4.39 Å². The maximum absolute atomic E-state index is 15.2. The fraction of sp³-hybridized carbons (Fsp3) is 0.387. The summed E-state index contributed by atoms with van der Waals surface area (Å²) in [6, 6.07) is 12.8. The lowest BCUT2D eigenvalue weighted by Gasteiger charge is -2.36. The van der Waals surface area contributed by atoms with Crippen LogP contribution in [0.4, 0.5) is 21.7 Å². The average molecular weight is 575 g/mol. The number of rotatable bonds is 6. The maximum atomic E-state index is 15.2. The lowest BCUT2D eigenvalue weighted by molar-refractivity contribution is 0.491. The van der Waals surface area contributed by atoms with Gasteiger partial charge >= 0.3 is 0 Å². The van der Waals surface area contributed by atoms with Crippen LogP contribution in [0.5, 0.6) is 0 Å². The Labute approximate surface area is 242 Å². The van der Waals surface area contributed by atoms with Crippen molar-refractivity contribution >= 4 is 39.5 Å². The molecule has 1 aliphatic carbocycles. The fourth-order valence-corrected chi connectivity index (χ4v) is 6.95. The Bertz CT molecular complexity index is 1650. The van der Waals surface area contributed by atoms with Crippen molar-refractivity contribution < 1.29 is 8.94 Å². The van der Waals surface area contributed by atoms with Crippen LogP contribution in [-0.2, 0) is 11.2 Å². The lowest BCUT2D eigenvalue weighted by Crippen LogP contribution is -2.50. The summed E-state index contributed by atoms with van der Waals surface area (Å²) in [4.78, 5) is 26.1. The number of piperazine rings is 1. The number of hydrogen-bond acceptors (Lipinski definition) is 7. The second kappa shape index (κ2) is 11.4. The summed E-state index contributed by atoms with van der Waals surface area (Å²) in [5, 5.41) is 7.20. The number of benzene rings is 2. The molecule has 2 aromatic heterocycles. The molecule has 2 N–H and O–H groups in total. The Morgan fingerprint density at radius 3 is 2.66 bits per heavy atom. The van der Waals surface area contributed by atoms with E-state index in [1.165, 1.54) is 6.07 Å². The molecule has 3 heterocycles. The molecule has 1 aliphatic heterocycles. The van der Waals surface area contributed by atoms with Crippen LogP contribution in [0.1, 0.15) is 44.2 Å². The first kappa shape index (κ1) is 27.7. The van der Waals surface area contributed by atoms with E-state index in [1.54, 1.807) is 29.2 Å². The zero-order valence-electron chi connectivity index (χ0n) is 23.6. The Morgan fingerprint density at radius 1 is 1.12 bits per heavy atom. The zero-order valence-corrected chi connectivity index (χ0v) is 24.4. The van der Waals surface area contributed by atoms with Crippen molar-refractivity contribution in [2.75, 3.05) is 36.1 Å². The van der Waals surface area contributed by atoms with Gasteiger partial charge in [-0.2, -0.15) is 4.98 Å². The highest BCUT2D eigenvalue weighted by atomic mass is 32.2. The van der Waals surface area contributed by atoms with Crippen molar-refractivity contribution in [2.24, 2.45) is 0 Å². The minimum absolute atomic E-state index is 0.0199. The van der Waals surface area contributed by atoms with Crippen LogP contribution in [0.25, 0.3) is 22.2 Å². The molecular formula is C31H35FN6O2S. The Kier molecular flexibility index (Phi) is 7.72. The molecule has 1 saturated carbocycles. The van der Waals surface area contributed by atoms with Crippen molar-refractivity contribution in [3.63, 3.8) is 0 Å². The summed E-state index contributed by atoms with van der Waals surface area (Å²) in [5.41, 5.74) is 3.67. The van der Waals surface area contributed by atoms with Crippen LogP contribution in [0.3, 0.4) is 0 Å². The van der Waals surface area contributed by atoms with Gasteiger partial charge < -0.3 is 20.1 Å². The first-order valence-corrected chi connectivity index (χ1v) is 15.8. The third-order valence-electron chi connectivity index (χ3n) is 8.21. The molecule has 8 nitrogen and oxygen atoms in total. The van der Waals surface area contributed by atoms with Crippen molar-refractivity contribution in [3.05, 3.63) is 70.4 Å². The average Bonchev–Trinajstić information content (AvgIpc) is 3.48. The van der Waals surface area contributed by atoms with Crippen LogP contribution in [-0.4, -0.2) is 51.0 Å². The summed E-state index contributed by atoms with van der Waals surface area (Å²) < 4.78 is 29.6. The van der Waals surface area contributed by atoms with E-state index in [1.807, 2.05) is 31.2 Å². The van der Waals surface area contributed by atoms with Gasteiger partial charge in [-0.05, 0) is 79.8 Å². The number of aromatic nitrogens is 3. The number of anilines is 3. The predicted molar refractivity (Wildman–Crippen MR) is 163 cm³/mol. The second-order valence-electron chi connectivity index (χ2n) is 11.1. The summed E-state index contributed by atoms with van der Waals surface area (Å²) in [5.74, 6) is -0.0102. The highest BCUT2D eigenvalue weighted by Crippen LogP contribution is 2.34. The normalized spacial score (nSPS) is 18.7. The summed E-state index contributed by atoms with van der Waals surface area (Å²) in [6.07, 6.45) is 7.21. The summed E-state index contributed by atoms with van der Waals surface area (Å²) in [6.45, 7) is 6.41. The second-order valence-corrected chi connectivity index (χ2v) is 12.5. The van der Waals surface area contributed by atoms with Gasteiger partial charge in [-0.15, -0.1) is 0 Å². The first-order chi connectivity index (χ1) is 19.8. The molecule has 2 atom stereocenters. The predicted octanol–water partition coefficient (Wildman–Crippen LogP) is 5.30. The van der Waals surface area contributed by atoms with Crippen LogP contribution in [0, 0.1) is 12.7 Å². The van der Waals surface area contributed by atoms with Crippen LogP contribution in [0.15, 0.2) is 58.4 Å². The van der Waals surface area contributed by atoms with Gasteiger partial charge in [0, 0.05) is 54.6 Å². The highest BCUT2D eigenvalue weighted by Gasteiger charge is 2.26. The van der Waals surface area contributed by atoms with Crippen LogP contribution >= 0.6 is 0 Å². The minimum Gasteiger partial charge on any atom is -0.612 e. The molecule has 0 amide bonds. The molecule has 214 valence electrons. The van der Waals surface area contributed by atoms with Gasteiger partial charge in [0.05, 0.1) is 11.3 Å². The molecule has 4 aromatic rings. The largest absolute Gasteiger partial charge is 0.612 e. The van der Waals surface area contributed by atoms with E-state index in [-0.39, 0.29) is 23.5 Å². The lowest BCUT2D eigenvalue weighted by atomic mass is 10.0. The number of nitrogens with zero attached hydrogens (tertiary/aromatic N) is 4. The zero-order chi connectivity index (χ0) is 28.7. The van der Waals surface area contributed by atoms with Crippen LogP contribution in [0.2, 0.25) is 0 Å². The fourth-order valence-electron chi connectivity index (χ4n) is 6.11. The van der Waals surface area contributed by atoms with E-state index < -0.39 is 11.2 Å². The topological polar surface area (TPSA) is 98.1 Å². The summed E-state index contributed by atoms with van der Waals surface area (Å²) >= 11 is -1.26. The third kappa shape index (κ3) is 5.43. The third-order valence-corrected chi connectivity index (χ3v) is 9.17. The number of halogens is 1. The van der Waals surface area contributed by atoms with Gasteiger partial charge in [-0.3, -0.25) is 9.36 Å². The molecule has 6 rings (SSSR count). The van der Waals surface area contributed by atoms with E-state index in [9.17, 15) is 9.35 Å². The molecule has 1 saturated heterocycles. The Morgan fingerprint density at radius 2 is 1.93 bits per heavy atom. The number of pyridine rings is 1. The van der Waals surface area contributed by atoms with Crippen molar-refractivity contribution in [3.8, 4) is 11.1 Å². The van der Waals surface area contributed by atoms with Crippen molar-refractivity contribution in [2.45, 2.75) is 56.5 Å². The number of nitrogens with one attached hydrogen (secondary N) is 2. The SMILES string of the molecule is Cc1ccc(-c2cc3cnc(Nc4ccc(N5CCNCC5C)c(F)c4)nc3n(C3CCCC3)c2=O)c([S+](C)[O-])c1. The quantitative estimate of drug-likeness (QED) is 0.302. The minimum atomic E-state index is -1.26. The highest BCUT2D eigenvalue weighted by molar-refractivity contribution is 7.90. The van der Waals surface area contributed by atoms with E-state index in [4.69, 9.17) is 4.98 Å². The molecule has 2 aromatic carbocycles. The van der Waals surface area contributed by atoms with E-state index in [2.05, 4.69) is 27.4 Å². The Balaban J connectivity index is 1.40. The van der Waals surface area contributed by atoms with Gasteiger partial charge in [0.1, 0.15) is 17.7 Å². The standard InChI is InChI=1S/C31H35FN6O2S/c1-19-8-10-24(28(14-19)41(3)40)25-15-21-18-34-31(36-29(21)38(30(25)39)23-6-4-5-7-23)35-22-9-11-27(26(32)16-22)37-13-12-33-17-20(37)2/h8-11,14-16,18,20,23,33H,4-7,12-13,17H2,1-3H3,(H,34,35,36). The van der Waals surface area contributed by atoms with Gasteiger partial charge in [0.25, 0.3) is 5.56 Å². The van der Waals surface area contributed by atoms with Gasteiger partial charge in [-0.25, -0.2) is 9.37 Å². The molecule has 2 aliphatic rings. The maximum Gasteiger partial charge on any atom is 0.260 e. The molecule has 2 fully saturated rings. The van der Waals surface area contributed by atoms with Gasteiger partial charge in [0.15, 0.2) is 4.90 Å². The van der Waals surface area contributed by atoms with Gasteiger partial charge in [-0.1, -0.05) is 18.9 Å². The molecule has 0 spiro atoms. The smallest absolute Gasteiger partial charge is 0.260 e. The first-order valence-electron chi connectivity index (χ1n) is 14.2. The van der Waals surface area contributed by atoms with Crippen molar-refractivity contribution in [1.82, 2.24) is 19.9 Å². The molecule has 2 unspecified atom stereocenters. The number of hydrogen-bond donors (Lipinski definition) is 2. The molecular weight excluding hydrogens is 539 g/mol. The van der Waals surface area contributed by atoms with Crippen LogP contribution < -0.4 is 21.1 Å². The summed E-state index contributed by atoms with van der Waals surface area (Å²) in [7, 11) is 0. The molecule has 0 radical (unpaired) electrons. The molecule has 0 bridgehead atoms. The van der Waals surface area contributed by atoms with Crippen molar-refractivity contribution in [1.29, 1.82) is 0 Å². The monoisotopic (exact) mass is 574 g/mol. The molecule has 10 heteroatoms. The van der Waals surface area contributed by atoms with E-state index in [0.717, 1.165) is 56.3 Å². The van der Waals surface area contributed by atoms with Gasteiger partial charge in [0.2, 0.25) is 5.95 Å². The number of aryl methyl sites for hydroxylation is 1.